The maximum Gasteiger partial charge on any atom is 0.414 e. The number of aliphatic hydroxyl groups excluding tert-OH is 1. The summed E-state index contributed by atoms with van der Waals surface area (Å²) in [4.78, 5) is 39.7. The van der Waals surface area contributed by atoms with E-state index in [1.807, 2.05) is 4.72 Å². The Morgan fingerprint density at radius 2 is 1.54 bits per heavy atom. The monoisotopic (exact) mass is 530 g/mol. The zero-order valence-corrected chi connectivity index (χ0v) is 20.1. The molecule has 0 aliphatic rings. The van der Waals surface area contributed by atoms with Gasteiger partial charge in [0.1, 0.15) is 5.82 Å². The maximum absolute atomic E-state index is 13.0. The minimum absolute atomic E-state index is 0.0135. The van der Waals surface area contributed by atoms with Gasteiger partial charge in [-0.3, -0.25) is 9.59 Å². The van der Waals surface area contributed by atoms with Crippen molar-refractivity contribution >= 4 is 27.9 Å². The molecule has 37 heavy (non-hydrogen) atoms. The molecule has 11 nitrogen and oxygen atoms in total. The fourth-order valence-corrected chi connectivity index (χ4v) is 3.94. The molecule has 0 saturated carbocycles. The number of hydrogen-bond donors (Lipinski definition) is 4. The first kappa shape index (κ1) is 27.2. The van der Waals surface area contributed by atoms with Crippen LogP contribution >= 0.6 is 0 Å². The first-order valence-corrected chi connectivity index (χ1v) is 12.4. The molecule has 3 aromatic rings. The molecule has 3 rings (SSSR count). The Morgan fingerprint density at radius 1 is 0.865 bits per heavy atom. The third kappa shape index (κ3) is 8.08. The second-order valence-electron chi connectivity index (χ2n) is 7.52. The van der Waals surface area contributed by atoms with Crippen LogP contribution in [-0.4, -0.2) is 56.1 Å². The summed E-state index contributed by atoms with van der Waals surface area (Å²) in [6.45, 7) is 0.0109. The first-order valence-electron chi connectivity index (χ1n) is 10.9. The molecular formula is C24H23FN4O7S. The highest BCUT2D eigenvalue weighted by molar-refractivity contribution is 7.90. The van der Waals surface area contributed by atoms with E-state index < -0.39 is 27.9 Å². The third-order valence-electron chi connectivity index (χ3n) is 4.84. The Bertz CT molecular complexity index is 1350. The number of nitrogens with one attached hydrogen (secondary N) is 3. The summed E-state index contributed by atoms with van der Waals surface area (Å²) in [7, 11) is -4.25. The molecule has 1 aromatic heterocycles. The topological polar surface area (TPSA) is 164 Å². The van der Waals surface area contributed by atoms with Crippen LogP contribution in [0.4, 0.5) is 9.18 Å². The lowest BCUT2D eigenvalue weighted by Crippen LogP contribution is -2.31. The van der Waals surface area contributed by atoms with Crippen LogP contribution < -0.4 is 20.1 Å². The molecule has 0 spiro atoms. The van der Waals surface area contributed by atoms with E-state index in [1.54, 1.807) is 12.1 Å². The number of halogens is 1. The predicted octanol–water partition coefficient (Wildman–Crippen LogP) is 1.39. The summed E-state index contributed by atoms with van der Waals surface area (Å²) < 4.78 is 44.9. The lowest BCUT2D eigenvalue weighted by atomic mass is 10.1. The zero-order valence-electron chi connectivity index (χ0n) is 19.3. The normalized spacial score (nSPS) is 10.9. The Balaban J connectivity index is 1.54. The van der Waals surface area contributed by atoms with Gasteiger partial charge in [0.15, 0.2) is 0 Å². The van der Waals surface area contributed by atoms with Gasteiger partial charge in [-0.2, -0.15) is 0 Å². The van der Waals surface area contributed by atoms with Crippen LogP contribution in [0.15, 0.2) is 71.8 Å². The fraction of sp³-hybridized carbons (Fsp3) is 0.167. The molecule has 0 unspecified atom stereocenters. The number of amides is 3. The van der Waals surface area contributed by atoms with Gasteiger partial charge in [0.2, 0.25) is 5.88 Å². The molecule has 1 heterocycles. The molecule has 0 radical (unpaired) electrons. The summed E-state index contributed by atoms with van der Waals surface area (Å²) >= 11 is 0. The zero-order chi connectivity index (χ0) is 26.8. The highest BCUT2D eigenvalue weighted by atomic mass is 32.2. The standard InChI is InChI=1S/C24H23FN4O7S/c25-19-6-1-16(2-7-19)11-12-26-22(31)17-3-8-20(9-4-17)37(34,35)29-23(32)18-5-10-21(28-15-18)36-24(33)27-13-14-30/h1-10,15,30H,11-14H2,(H,26,31)(H,27,33)(H,29,32). The van der Waals surface area contributed by atoms with Crippen LogP contribution in [-0.2, 0) is 16.4 Å². The lowest BCUT2D eigenvalue weighted by molar-refractivity contribution is 0.0951. The molecule has 0 saturated heterocycles. The number of nitrogens with zero attached hydrogens (tertiary/aromatic N) is 1. The van der Waals surface area contributed by atoms with E-state index in [0.29, 0.717) is 13.0 Å². The molecule has 4 N–H and O–H groups in total. The van der Waals surface area contributed by atoms with E-state index in [9.17, 15) is 27.2 Å². The second kappa shape index (κ2) is 12.6. The van der Waals surface area contributed by atoms with E-state index in [1.165, 1.54) is 48.5 Å². The van der Waals surface area contributed by atoms with Crippen molar-refractivity contribution in [3.05, 3.63) is 89.4 Å². The lowest BCUT2D eigenvalue weighted by Gasteiger charge is -2.09. The number of carbonyl (C=O) groups is 3. The molecule has 0 aliphatic heterocycles. The number of hydrogen-bond acceptors (Lipinski definition) is 8. The van der Waals surface area contributed by atoms with Crippen molar-refractivity contribution in [2.24, 2.45) is 0 Å². The summed E-state index contributed by atoms with van der Waals surface area (Å²) in [6.07, 6.45) is 0.661. The number of benzene rings is 2. The Hall–Kier alpha value is -4.36. The van der Waals surface area contributed by atoms with Gasteiger partial charge < -0.3 is 20.5 Å². The van der Waals surface area contributed by atoms with Gasteiger partial charge in [-0.25, -0.2) is 27.3 Å². The van der Waals surface area contributed by atoms with Crippen LogP contribution in [0.3, 0.4) is 0 Å². The van der Waals surface area contributed by atoms with Crippen molar-refractivity contribution in [2.75, 3.05) is 19.7 Å². The van der Waals surface area contributed by atoms with Crippen LogP contribution in [0.5, 0.6) is 5.88 Å². The number of sulfonamides is 1. The van der Waals surface area contributed by atoms with Crippen molar-refractivity contribution in [1.82, 2.24) is 20.3 Å². The third-order valence-corrected chi connectivity index (χ3v) is 6.19. The second-order valence-corrected chi connectivity index (χ2v) is 9.20. The average molecular weight is 531 g/mol. The van der Waals surface area contributed by atoms with Crippen molar-refractivity contribution in [3.63, 3.8) is 0 Å². The molecule has 0 atom stereocenters. The van der Waals surface area contributed by atoms with Crippen molar-refractivity contribution in [3.8, 4) is 5.88 Å². The first-order chi connectivity index (χ1) is 17.7. The summed E-state index contributed by atoms with van der Waals surface area (Å²) in [5, 5.41) is 13.6. The van der Waals surface area contributed by atoms with Gasteiger partial charge in [-0.1, -0.05) is 12.1 Å². The summed E-state index contributed by atoms with van der Waals surface area (Å²) in [6, 6.07) is 13.3. The van der Waals surface area contributed by atoms with E-state index in [4.69, 9.17) is 9.84 Å². The van der Waals surface area contributed by atoms with Gasteiger partial charge >= 0.3 is 6.09 Å². The molecule has 194 valence electrons. The number of rotatable bonds is 10. The molecule has 3 amide bonds. The highest BCUT2D eigenvalue weighted by Crippen LogP contribution is 2.13. The Morgan fingerprint density at radius 3 is 2.16 bits per heavy atom. The number of carbonyl (C=O) groups excluding carboxylic acids is 3. The minimum atomic E-state index is -4.25. The smallest absolute Gasteiger partial charge is 0.395 e. The van der Waals surface area contributed by atoms with E-state index >= 15 is 0 Å². The molecule has 0 aliphatic carbocycles. The van der Waals surface area contributed by atoms with Gasteiger partial charge in [0.25, 0.3) is 21.8 Å². The van der Waals surface area contributed by atoms with Crippen LogP contribution in [0, 0.1) is 5.82 Å². The van der Waals surface area contributed by atoms with Crippen molar-refractivity contribution in [2.45, 2.75) is 11.3 Å². The van der Waals surface area contributed by atoms with E-state index in [0.717, 1.165) is 11.8 Å². The van der Waals surface area contributed by atoms with Crippen molar-refractivity contribution in [1.29, 1.82) is 0 Å². The van der Waals surface area contributed by atoms with Crippen molar-refractivity contribution < 1.29 is 37.0 Å². The Kier molecular flexibility index (Phi) is 9.24. The number of ether oxygens (including phenoxy) is 1. The van der Waals surface area contributed by atoms with Crippen LogP contribution in [0.25, 0.3) is 0 Å². The predicted molar refractivity (Wildman–Crippen MR) is 129 cm³/mol. The molecule has 0 fully saturated rings. The van der Waals surface area contributed by atoms with Gasteiger partial charge in [-0.05, 0) is 54.4 Å². The average Bonchev–Trinajstić information content (AvgIpc) is 2.88. The minimum Gasteiger partial charge on any atom is -0.395 e. The number of aromatic nitrogens is 1. The van der Waals surface area contributed by atoms with Gasteiger partial charge in [0.05, 0.1) is 17.1 Å². The van der Waals surface area contributed by atoms with Crippen LogP contribution in [0.1, 0.15) is 26.3 Å². The molecule has 0 bridgehead atoms. The number of aliphatic hydroxyl groups is 1. The largest absolute Gasteiger partial charge is 0.414 e. The van der Waals surface area contributed by atoms with E-state index in [2.05, 4.69) is 15.6 Å². The van der Waals surface area contributed by atoms with Gasteiger partial charge in [-0.15, -0.1) is 0 Å². The maximum atomic E-state index is 13.0. The fourth-order valence-electron chi connectivity index (χ4n) is 2.96. The summed E-state index contributed by atoms with van der Waals surface area (Å²) in [5.41, 5.74) is 0.954. The molecular weight excluding hydrogens is 507 g/mol. The van der Waals surface area contributed by atoms with E-state index in [-0.39, 0.29) is 40.9 Å². The Labute approximate surface area is 211 Å². The quantitative estimate of drug-likeness (QED) is 0.306. The van der Waals surface area contributed by atoms with Crippen LogP contribution in [0.2, 0.25) is 0 Å². The highest BCUT2D eigenvalue weighted by Gasteiger charge is 2.20. The summed E-state index contributed by atoms with van der Waals surface area (Å²) in [5.74, 6) is -1.87. The van der Waals surface area contributed by atoms with Gasteiger partial charge in [0, 0.05) is 30.9 Å². The SMILES string of the molecule is O=C(NCCO)Oc1ccc(C(=O)NS(=O)(=O)c2ccc(C(=O)NCCc3ccc(F)cc3)cc2)cn1. The molecule has 13 heteroatoms. The number of pyridine rings is 1. The molecule has 2 aromatic carbocycles.